The molecular weight excluding hydrogens is 316 g/mol. The Morgan fingerprint density at radius 3 is 2.40 bits per heavy atom. The van der Waals surface area contributed by atoms with Gasteiger partial charge in [0.25, 0.3) is 0 Å². The van der Waals surface area contributed by atoms with E-state index in [1.165, 1.54) is 0 Å². The van der Waals surface area contributed by atoms with Crippen LogP contribution in [0.4, 0.5) is 0 Å². The number of carbonyl (C=O) groups excluding carboxylic acids is 1. The highest BCUT2D eigenvalue weighted by Gasteiger charge is 2.67. The van der Waals surface area contributed by atoms with E-state index in [9.17, 15) is 20.1 Å². The van der Waals surface area contributed by atoms with Gasteiger partial charge in [0.1, 0.15) is 5.78 Å². The van der Waals surface area contributed by atoms with Crippen molar-refractivity contribution in [1.29, 1.82) is 0 Å². The summed E-state index contributed by atoms with van der Waals surface area (Å²) in [5.41, 5.74) is -1.28. The maximum absolute atomic E-state index is 12.2. The number of hydrogen-bond acceptors (Lipinski definition) is 4. The highest BCUT2D eigenvalue weighted by molar-refractivity contribution is 5.79. The molecule has 9 atom stereocenters. The van der Waals surface area contributed by atoms with Crippen molar-refractivity contribution in [2.75, 3.05) is 0 Å². The molecule has 0 aromatic carbocycles. The van der Waals surface area contributed by atoms with Gasteiger partial charge in [0, 0.05) is 17.8 Å². The van der Waals surface area contributed by atoms with Crippen LogP contribution in [0.2, 0.25) is 0 Å². The molecule has 0 bridgehead atoms. The molecule has 0 aromatic rings. The summed E-state index contributed by atoms with van der Waals surface area (Å²) < 4.78 is 0. The third-order valence-corrected chi connectivity index (χ3v) is 9.20. The fourth-order valence-electron chi connectivity index (χ4n) is 8.01. The molecule has 0 aromatic heterocycles. The minimum absolute atomic E-state index is 0.0786. The van der Waals surface area contributed by atoms with Crippen molar-refractivity contribution in [2.45, 2.75) is 89.9 Å². The lowest BCUT2D eigenvalue weighted by Crippen LogP contribution is -2.66. The summed E-state index contributed by atoms with van der Waals surface area (Å²) in [6.45, 7) is 6.09. The topological polar surface area (TPSA) is 77.8 Å². The smallest absolute Gasteiger partial charge is 0.133 e. The molecule has 4 saturated carbocycles. The highest BCUT2D eigenvalue weighted by atomic mass is 16.3. The number of ketones is 1. The van der Waals surface area contributed by atoms with Crippen molar-refractivity contribution < 1.29 is 20.1 Å². The number of aliphatic hydroxyl groups excluding tert-OH is 2. The average Bonchev–Trinajstić information content (AvgIpc) is 2.85. The van der Waals surface area contributed by atoms with Crippen LogP contribution in [0, 0.1) is 34.5 Å². The number of aliphatic hydroxyl groups is 3. The van der Waals surface area contributed by atoms with Crippen LogP contribution >= 0.6 is 0 Å². The van der Waals surface area contributed by atoms with E-state index in [1.54, 1.807) is 6.92 Å². The summed E-state index contributed by atoms with van der Waals surface area (Å²) in [5, 5.41) is 32.7. The lowest BCUT2D eigenvalue weighted by molar-refractivity contribution is -0.244. The highest BCUT2D eigenvalue weighted by Crippen LogP contribution is 2.68. The Morgan fingerprint density at radius 1 is 1.00 bits per heavy atom. The summed E-state index contributed by atoms with van der Waals surface area (Å²) in [6.07, 6.45) is 5.38. The lowest BCUT2D eigenvalue weighted by atomic mass is 9.42. The van der Waals surface area contributed by atoms with Gasteiger partial charge in [-0.3, -0.25) is 4.79 Å². The van der Waals surface area contributed by atoms with E-state index in [0.717, 1.165) is 25.7 Å². The number of hydrogen-bond donors (Lipinski definition) is 3. The molecular formula is C21H34O4. The van der Waals surface area contributed by atoms with Gasteiger partial charge in [-0.2, -0.15) is 0 Å². The van der Waals surface area contributed by atoms with Gasteiger partial charge in [-0.25, -0.2) is 0 Å². The number of rotatable bonds is 1. The van der Waals surface area contributed by atoms with Crippen LogP contribution in [0.15, 0.2) is 0 Å². The van der Waals surface area contributed by atoms with E-state index < -0.39 is 17.8 Å². The maximum Gasteiger partial charge on any atom is 0.133 e. The van der Waals surface area contributed by atoms with Gasteiger partial charge in [-0.15, -0.1) is 0 Å². The first-order valence-electron chi connectivity index (χ1n) is 10.2. The Hall–Kier alpha value is -0.450. The van der Waals surface area contributed by atoms with Crippen molar-refractivity contribution in [3.05, 3.63) is 0 Å². The average molecular weight is 350 g/mol. The van der Waals surface area contributed by atoms with Crippen LogP contribution in [-0.2, 0) is 4.79 Å². The third kappa shape index (κ3) is 2.26. The molecule has 4 aliphatic rings. The van der Waals surface area contributed by atoms with Crippen LogP contribution < -0.4 is 0 Å². The van der Waals surface area contributed by atoms with Crippen molar-refractivity contribution >= 4 is 5.78 Å². The molecule has 4 rings (SSSR count). The van der Waals surface area contributed by atoms with Crippen molar-refractivity contribution in [2.24, 2.45) is 34.5 Å². The molecule has 0 aliphatic heterocycles. The summed E-state index contributed by atoms with van der Waals surface area (Å²) in [5.74, 6) is 1.30. The van der Waals surface area contributed by atoms with Crippen LogP contribution in [0.3, 0.4) is 0 Å². The van der Waals surface area contributed by atoms with E-state index in [0.29, 0.717) is 37.5 Å². The molecule has 4 nitrogen and oxygen atoms in total. The number of carbonyl (C=O) groups is 1. The molecule has 4 fully saturated rings. The normalized spacial score (nSPS) is 58.2. The zero-order chi connectivity index (χ0) is 18.2. The second-order valence-corrected chi connectivity index (χ2v) is 10.2. The minimum Gasteiger partial charge on any atom is -0.393 e. The molecule has 0 spiro atoms. The largest absolute Gasteiger partial charge is 0.393 e. The monoisotopic (exact) mass is 350 g/mol. The van der Waals surface area contributed by atoms with Crippen LogP contribution in [0.5, 0.6) is 0 Å². The van der Waals surface area contributed by atoms with E-state index in [1.807, 2.05) is 0 Å². The predicted molar refractivity (Wildman–Crippen MR) is 94.8 cm³/mol. The summed E-state index contributed by atoms with van der Waals surface area (Å²) >= 11 is 0. The molecule has 25 heavy (non-hydrogen) atoms. The second-order valence-electron chi connectivity index (χ2n) is 10.2. The second kappa shape index (κ2) is 5.53. The Balaban J connectivity index is 1.71. The van der Waals surface area contributed by atoms with E-state index in [-0.39, 0.29) is 28.4 Å². The van der Waals surface area contributed by atoms with Gasteiger partial charge in [0.15, 0.2) is 0 Å². The Bertz CT molecular complexity index is 576. The van der Waals surface area contributed by atoms with Gasteiger partial charge < -0.3 is 15.3 Å². The zero-order valence-electron chi connectivity index (χ0n) is 15.9. The van der Waals surface area contributed by atoms with Crippen molar-refractivity contribution in [1.82, 2.24) is 0 Å². The molecule has 3 N–H and O–H groups in total. The Labute approximate surface area is 151 Å². The third-order valence-electron chi connectivity index (χ3n) is 9.20. The minimum atomic E-state index is -0.862. The summed E-state index contributed by atoms with van der Waals surface area (Å²) in [6, 6.07) is 0. The van der Waals surface area contributed by atoms with Gasteiger partial charge in [-0.1, -0.05) is 13.8 Å². The molecule has 4 aliphatic carbocycles. The molecule has 142 valence electrons. The predicted octanol–water partition coefficient (Wildman–Crippen LogP) is 2.68. The standard InChI is InChI=1S/C21H34O4/c1-12(22)15-4-5-16-14-7-9-21(25)10-13(23)6-8-20(21,3)18(14)17(24)11-19(15,16)2/h13-18,23-25H,4-11H2,1-3H3/t13-,14-,15+,16-,17+,18+,19+,20+,21+/m0/s1. The SMILES string of the molecule is CC(=O)[C@H]1CC[C@H]2[C@@H]3CC[C@@]4(O)C[C@@H](O)CC[C@]4(C)[C@H]3[C@H](O)C[C@]12C. The van der Waals surface area contributed by atoms with E-state index in [4.69, 9.17) is 0 Å². The van der Waals surface area contributed by atoms with Crippen LogP contribution in [-0.4, -0.2) is 38.9 Å². The molecule has 0 saturated heterocycles. The number of Topliss-reactive ketones (excluding diaryl/α,β-unsaturated/α-hetero) is 1. The van der Waals surface area contributed by atoms with Gasteiger partial charge in [-0.05, 0) is 75.0 Å². The van der Waals surface area contributed by atoms with E-state index >= 15 is 0 Å². The first-order valence-corrected chi connectivity index (χ1v) is 10.2. The Kier molecular flexibility index (Phi) is 3.97. The van der Waals surface area contributed by atoms with Gasteiger partial charge in [0.2, 0.25) is 0 Å². The lowest BCUT2D eigenvalue weighted by Gasteiger charge is -2.65. The quantitative estimate of drug-likeness (QED) is 0.679. The Morgan fingerprint density at radius 2 is 1.72 bits per heavy atom. The van der Waals surface area contributed by atoms with Crippen molar-refractivity contribution in [3.63, 3.8) is 0 Å². The molecule has 0 heterocycles. The van der Waals surface area contributed by atoms with Crippen LogP contribution in [0.25, 0.3) is 0 Å². The summed E-state index contributed by atoms with van der Waals surface area (Å²) in [4.78, 5) is 12.2. The zero-order valence-corrected chi connectivity index (χ0v) is 15.9. The first-order chi connectivity index (χ1) is 11.6. The molecule has 0 unspecified atom stereocenters. The van der Waals surface area contributed by atoms with Gasteiger partial charge in [0.05, 0.1) is 17.8 Å². The van der Waals surface area contributed by atoms with E-state index in [2.05, 4.69) is 13.8 Å². The van der Waals surface area contributed by atoms with Crippen molar-refractivity contribution in [3.8, 4) is 0 Å². The first kappa shape index (κ1) is 17.9. The fourth-order valence-corrected chi connectivity index (χ4v) is 8.01. The number of fused-ring (bicyclic) bond motifs is 5. The maximum atomic E-state index is 12.2. The van der Waals surface area contributed by atoms with Crippen LogP contribution in [0.1, 0.15) is 72.1 Å². The fraction of sp³-hybridized carbons (Fsp3) is 0.952. The molecule has 4 heteroatoms. The molecule has 0 radical (unpaired) electrons. The summed E-state index contributed by atoms with van der Waals surface area (Å²) in [7, 11) is 0. The van der Waals surface area contributed by atoms with Gasteiger partial charge >= 0.3 is 0 Å². The molecule has 0 amide bonds.